The zero-order chi connectivity index (χ0) is 27.6. The molecule has 0 bridgehead atoms. The van der Waals surface area contributed by atoms with Crippen molar-refractivity contribution in [2.45, 2.75) is 156 Å². The quantitative estimate of drug-likeness (QED) is 0.106. The number of rotatable bonds is 23. The Labute approximate surface area is 235 Å². The van der Waals surface area contributed by atoms with Gasteiger partial charge in [0.25, 0.3) is 0 Å². The fourth-order valence-electron chi connectivity index (χ4n) is 6.12. The maximum Gasteiger partial charge on any atom is 0.339 e. The predicted octanol–water partition coefficient (Wildman–Crippen LogP) is 9.55. The van der Waals surface area contributed by atoms with Crippen molar-refractivity contribution in [1.82, 2.24) is 4.90 Å². The van der Waals surface area contributed by atoms with Gasteiger partial charge in [-0.2, -0.15) is 4.59 Å². The first-order chi connectivity index (χ1) is 18.4. The van der Waals surface area contributed by atoms with Crippen LogP contribution in [-0.4, -0.2) is 46.2 Å². The second-order valence-electron chi connectivity index (χ2n) is 12.0. The maximum absolute atomic E-state index is 12.1. The summed E-state index contributed by atoms with van der Waals surface area (Å²) in [5.74, 6) is -0.165. The van der Waals surface area contributed by atoms with Crippen LogP contribution in [0.3, 0.4) is 0 Å². The minimum Gasteiger partial charge on any atom is -0.478 e. The van der Waals surface area contributed by atoms with E-state index in [9.17, 15) is 9.90 Å². The van der Waals surface area contributed by atoms with E-state index in [1.54, 1.807) is 0 Å². The lowest BCUT2D eigenvalue weighted by Crippen LogP contribution is -2.46. The number of aliphatic carboxylic acids is 1. The number of unbranched alkanes of at least 4 members (excludes halogenated alkanes) is 18. The predicted molar refractivity (Wildman–Crippen MR) is 162 cm³/mol. The monoisotopic (exact) mass is 530 g/mol. The van der Waals surface area contributed by atoms with E-state index in [0.29, 0.717) is 16.0 Å². The molecule has 5 heteroatoms. The molecule has 0 saturated carbocycles. The Bertz CT molecular complexity index is 759. The van der Waals surface area contributed by atoms with Gasteiger partial charge in [-0.15, -0.1) is 0 Å². The van der Waals surface area contributed by atoms with Gasteiger partial charge in [-0.1, -0.05) is 122 Å². The van der Waals surface area contributed by atoms with Crippen molar-refractivity contribution in [3.05, 3.63) is 22.9 Å². The average Bonchev–Trinajstić information content (AvgIpc) is 3.26. The number of carboxylic acids is 1. The molecule has 0 aromatic heterocycles. The molecule has 2 aliphatic rings. The molecule has 0 atom stereocenters. The van der Waals surface area contributed by atoms with E-state index in [4.69, 9.17) is 5.10 Å². The molecular formula is C33H60N3O2+. The van der Waals surface area contributed by atoms with Gasteiger partial charge in [-0.3, -0.25) is 4.90 Å². The van der Waals surface area contributed by atoms with Gasteiger partial charge in [0.05, 0.1) is 0 Å². The third kappa shape index (κ3) is 11.2. The molecular weight excluding hydrogens is 470 g/mol. The second kappa shape index (κ2) is 18.6. The Hall–Kier alpha value is -1.62. The fraction of sp³-hybridized carbons (Fsp3) is 0.818. The van der Waals surface area contributed by atoms with E-state index in [0.717, 1.165) is 31.0 Å². The van der Waals surface area contributed by atoms with Crippen LogP contribution in [-0.2, 0) is 4.79 Å². The lowest BCUT2D eigenvalue weighted by molar-refractivity contribution is -0.935. The molecule has 0 unspecified atom stereocenters. The molecule has 1 N–H and O–H groups in total. The van der Waals surface area contributed by atoms with E-state index in [1.165, 1.54) is 128 Å². The van der Waals surface area contributed by atoms with Gasteiger partial charge in [0.1, 0.15) is 18.7 Å². The molecule has 0 amide bonds. The largest absolute Gasteiger partial charge is 0.478 e. The van der Waals surface area contributed by atoms with Crippen molar-refractivity contribution in [3.63, 3.8) is 0 Å². The number of nitrogens with zero attached hydrogens (tertiary/aromatic N) is 3. The van der Waals surface area contributed by atoms with Crippen LogP contribution in [0.2, 0.25) is 0 Å². The maximum atomic E-state index is 12.1. The summed E-state index contributed by atoms with van der Waals surface area (Å²) in [6.45, 7) is 11.4. The number of hydrogen-bond acceptors (Lipinski definition) is 3. The van der Waals surface area contributed by atoms with E-state index >= 15 is 0 Å². The first-order valence-electron chi connectivity index (χ1n) is 16.3. The summed E-state index contributed by atoms with van der Waals surface area (Å²) in [6, 6.07) is 0. The summed E-state index contributed by atoms with van der Waals surface area (Å²) in [4.78, 5) is 14.3. The summed E-state index contributed by atoms with van der Waals surface area (Å²) in [5.41, 5.74) is 2.34. The smallest absolute Gasteiger partial charge is 0.339 e. The van der Waals surface area contributed by atoms with Crippen molar-refractivity contribution in [1.29, 1.82) is 0 Å². The van der Waals surface area contributed by atoms with Crippen molar-refractivity contribution >= 4 is 11.8 Å². The van der Waals surface area contributed by atoms with Gasteiger partial charge < -0.3 is 5.11 Å². The molecule has 0 spiro atoms. The Morgan fingerprint density at radius 3 is 1.53 bits per heavy atom. The number of carboxylic acid groups (broad SMARTS) is 1. The summed E-state index contributed by atoms with van der Waals surface area (Å²) in [7, 11) is 0. The minimum absolute atomic E-state index is 0.391. The van der Waals surface area contributed by atoms with Gasteiger partial charge >= 0.3 is 5.97 Å². The normalized spacial score (nSPS) is 16.6. The van der Waals surface area contributed by atoms with Gasteiger partial charge in [0.15, 0.2) is 6.67 Å². The van der Waals surface area contributed by atoms with Gasteiger partial charge in [-0.25, -0.2) is 4.79 Å². The van der Waals surface area contributed by atoms with Gasteiger partial charge in [0, 0.05) is 5.70 Å². The lowest BCUT2D eigenvalue weighted by Gasteiger charge is -2.31. The molecule has 0 fully saturated rings. The van der Waals surface area contributed by atoms with Crippen molar-refractivity contribution < 1.29 is 14.5 Å². The Balaban J connectivity index is 1.86. The molecule has 0 radical (unpaired) electrons. The van der Waals surface area contributed by atoms with E-state index < -0.39 is 5.97 Å². The van der Waals surface area contributed by atoms with E-state index in [2.05, 4.69) is 25.7 Å². The highest BCUT2D eigenvalue weighted by molar-refractivity contribution is 6.20. The average molecular weight is 531 g/mol. The van der Waals surface area contributed by atoms with E-state index in [1.807, 2.05) is 13.0 Å². The van der Waals surface area contributed by atoms with Crippen molar-refractivity contribution in [3.8, 4) is 0 Å². The van der Waals surface area contributed by atoms with Crippen LogP contribution in [0.5, 0.6) is 0 Å². The number of carbonyl (C=O) groups is 1. The molecule has 0 aromatic carbocycles. The highest BCUT2D eigenvalue weighted by atomic mass is 16.4. The molecule has 38 heavy (non-hydrogen) atoms. The van der Waals surface area contributed by atoms with Crippen LogP contribution in [0.1, 0.15) is 156 Å². The van der Waals surface area contributed by atoms with Crippen LogP contribution >= 0.6 is 0 Å². The standard InChI is InChI=1S/C33H59N3O2/c1-5-7-9-11-13-15-17-19-21-23-25-36(26-24-22-20-18-16-14-12-10-8-6-2)28-35-30(4)27-29(3)31(33(37)38)32(35)34-36/h27H,5-26,28H2,1-4H3/p+1. The number of hydrogen-bond donors (Lipinski definition) is 1. The van der Waals surface area contributed by atoms with Gasteiger partial charge in [-0.05, 0) is 51.2 Å². The fourth-order valence-corrected chi connectivity index (χ4v) is 6.12. The molecule has 2 rings (SSSR count). The van der Waals surface area contributed by atoms with Crippen LogP contribution in [0.4, 0.5) is 0 Å². The third-order valence-corrected chi connectivity index (χ3v) is 8.51. The zero-order valence-electron chi connectivity index (χ0n) is 25.5. The molecule has 0 aromatic rings. The number of allylic oxidation sites excluding steroid dienone is 3. The molecule has 218 valence electrons. The first-order valence-corrected chi connectivity index (χ1v) is 16.3. The molecule has 5 nitrogen and oxygen atoms in total. The number of amidine groups is 1. The summed E-state index contributed by atoms with van der Waals surface area (Å²) >= 11 is 0. The highest BCUT2D eigenvalue weighted by Crippen LogP contribution is 2.32. The number of quaternary nitrogens is 1. The third-order valence-electron chi connectivity index (χ3n) is 8.51. The minimum atomic E-state index is -0.854. The van der Waals surface area contributed by atoms with Crippen LogP contribution in [0, 0.1) is 0 Å². The van der Waals surface area contributed by atoms with Crippen LogP contribution in [0.25, 0.3) is 0 Å². The Morgan fingerprint density at radius 1 is 0.737 bits per heavy atom. The van der Waals surface area contributed by atoms with Crippen molar-refractivity contribution in [2.24, 2.45) is 5.10 Å². The molecule has 2 heterocycles. The van der Waals surface area contributed by atoms with Crippen LogP contribution < -0.4 is 0 Å². The Morgan fingerprint density at radius 2 is 1.13 bits per heavy atom. The molecule has 0 aliphatic carbocycles. The highest BCUT2D eigenvalue weighted by Gasteiger charge is 2.44. The summed E-state index contributed by atoms with van der Waals surface area (Å²) in [5, 5.41) is 15.1. The summed E-state index contributed by atoms with van der Waals surface area (Å²) < 4.78 is 0.679. The molecule has 2 aliphatic heterocycles. The Kier molecular flexibility index (Phi) is 16.0. The van der Waals surface area contributed by atoms with Gasteiger partial charge in [0.2, 0.25) is 5.84 Å². The SMILES string of the molecule is CCCCCCCCCCCC[N+]1(CCCCCCCCCCCC)CN2C(C)=CC(C)=C(C(=O)O)C2=N1. The molecule has 0 saturated heterocycles. The summed E-state index contributed by atoms with van der Waals surface area (Å²) in [6.07, 6.45) is 28.7. The van der Waals surface area contributed by atoms with E-state index in [-0.39, 0.29) is 0 Å². The van der Waals surface area contributed by atoms with Crippen LogP contribution in [0.15, 0.2) is 28.0 Å². The van der Waals surface area contributed by atoms with Crippen molar-refractivity contribution in [2.75, 3.05) is 19.8 Å². The number of fused-ring (bicyclic) bond motifs is 1. The topological polar surface area (TPSA) is 52.9 Å². The lowest BCUT2D eigenvalue weighted by atomic mass is 10.0. The first kappa shape index (κ1) is 32.6. The zero-order valence-corrected chi connectivity index (χ0v) is 25.5. The second-order valence-corrected chi connectivity index (χ2v) is 12.0.